The summed E-state index contributed by atoms with van der Waals surface area (Å²) in [5, 5.41) is 1.15. The molecule has 1 amide bonds. The van der Waals surface area contributed by atoms with E-state index < -0.39 is 0 Å². The number of rotatable bonds is 3. The molecule has 25 heavy (non-hydrogen) atoms. The fraction of sp³-hybridized carbons (Fsp3) is 0.600. The van der Waals surface area contributed by atoms with Crippen LogP contribution in [0.1, 0.15) is 39.0 Å². The van der Waals surface area contributed by atoms with Crippen molar-refractivity contribution in [3.05, 3.63) is 24.5 Å². The highest BCUT2D eigenvalue weighted by atomic mass is 16.2. The number of nitrogens with one attached hydrogen (secondary N) is 1. The number of likely N-dealkylation sites (N-methyl/N-ethyl adjacent to an activating group) is 1. The minimum absolute atomic E-state index is 0.275. The largest absolute Gasteiger partial charge is 0.369 e. The van der Waals surface area contributed by atoms with Crippen molar-refractivity contribution in [3.8, 4) is 0 Å². The van der Waals surface area contributed by atoms with Crippen LogP contribution in [0.4, 0.5) is 5.69 Å². The SMILES string of the molecule is C[C@@H]1CCN(C(=O)C2CCCC2)C[C@@H]1N(C)c1ccnc2[nH]ccc12. The van der Waals surface area contributed by atoms with Crippen molar-refractivity contribution in [1.82, 2.24) is 14.9 Å². The highest BCUT2D eigenvalue weighted by Crippen LogP contribution is 2.32. The van der Waals surface area contributed by atoms with E-state index in [4.69, 9.17) is 0 Å². The van der Waals surface area contributed by atoms with Crippen LogP contribution >= 0.6 is 0 Å². The number of nitrogens with zero attached hydrogens (tertiary/aromatic N) is 3. The quantitative estimate of drug-likeness (QED) is 0.931. The van der Waals surface area contributed by atoms with Crippen LogP contribution in [0, 0.1) is 11.8 Å². The zero-order chi connectivity index (χ0) is 17.4. The number of hydrogen-bond acceptors (Lipinski definition) is 3. The molecule has 1 aliphatic carbocycles. The summed E-state index contributed by atoms with van der Waals surface area (Å²) in [4.78, 5) is 25.0. The van der Waals surface area contributed by atoms with E-state index in [-0.39, 0.29) is 5.92 Å². The number of anilines is 1. The van der Waals surface area contributed by atoms with Gasteiger partial charge in [0, 0.05) is 55.6 Å². The average Bonchev–Trinajstić information content (AvgIpc) is 3.32. The average molecular weight is 340 g/mol. The smallest absolute Gasteiger partial charge is 0.225 e. The third-order valence-corrected chi connectivity index (χ3v) is 6.25. The number of aromatic amines is 1. The molecule has 2 aromatic heterocycles. The summed E-state index contributed by atoms with van der Waals surface area (Å²) in [5.41, 5.74) is 2.12. The summed E-state index contributed by atoms with van der Waals surface area (Å²) in [7, 11) is 2.16. The van der Waals surface area contributed by atoms with E-state index in [1.807, 2.05) is 12.4 Å². The van der Waals surface area contributed by atoms with Gasteiger partial charge >= 0.3 is 0 Å². The van der Waals surface area contributed by atoms with E-state index in [9.17, 15) is 4.79 Å². The molecule has 0 bridgehead atoms. The summed E-state index contributed by atoms with van der Waals surface area (Å²) < 4.78 is 0. The van der Waals surface area contributed by atoms with Gasteiger partial charge in [0.25, 0.3) is 0 Å². The van der Waals surface area contributed by atoms with E-state index in [0.717, 1.165) is 43.4 Å². The van der Waals surface area contributed by atoms with Gasteiger partial charge in [-0.05, 0) is 37.3 Å². The van der Waals surface area contributed by atoms with E-state index in [1.54, 1.807) is 0 Å². The van der Waals surface area contributed by atoms with E-state index in [0.29, 0.717) is 17.9 Å². The van der Waals surface area contributed by atoms with Crippen LogP contribution < -0.4 is 4.90 Å². The number of H-pyrrole nitrogens is 1. The van der Waals surface area contributed by atoms with Gasteiger partial charge in [-0.15, -0.1) is 0 Å². The Labute approximate surface area is 149 Å². The minimum atomic E-state index is 0.275. The predicted molar refractivity (Wildman–Crippen MR) is 101 cm³/mol. The zero-order valence-electron chi connectivity index (χ0n) is 15.2. The molecule has 1 saturated carbocycles. The predicted octanol–water partition coefficient (Wildman–Crippen LogP) is 3.43. The molecule has 2 fully saturated rings. The summed E-state index contributed by atoms with van der Waals surface area (Å²) in [6, 6.07) is 4.52. The monoisotopic (exact) mass is 340 g/mol. The Balaban J connectivity index is 1.55. The van der Waals surface area contributed by atoms with Gasteiger partial charge in [-0.2, -0.15) is 0 Å². The van der Waals surface area contributed by atoms with Gasteiger partial charge in [0.05, 0.1) is 0 Å². The third-order valence-electron chi connectivity index (χ3n) is 6.25. The maximum absolute atomic E-state index is 12.9. The maximum Gasteiger partial charge on any atom is 0.225 e. The van der Waals surface area contributed by atoms with Crippen LogP contribution in [0.25, 0.3) is 11.0 Å². The number of aromatic nitrogens is 2. The molecule has 1 N–H and O–H groups in total. The molecular formula is C20H28N4O. The van der Waals surface area contributed by atoms with Crippen molar-refractivity contribution in [3.63, 3.8) is 0 Å². The van der Waals surface area contributed by atoms with Crippen LogP contribution in [-0.2, 0) is 4.79 Å². The van der Waals surface area contributed by atoms with Crippen LogP contribution in [0.3, 0.4) is 0 Å². The number of carbonyl (C=O) groups excluding carboxylic acids is 1. The number of fused-ring (bicyclic) bond motifs is 1. The van der Waals surface area contributed by atoms with Crippen molar-refractivity contribution in [2.24, 2.45) is 11.8 Å². The van der Waals surface area contributed by atoms with E-state index in [1.165, 1.54) is 18.5 Å². The minimum Gasteiger partial charge on any atom is -0.369 e. The van der Waals surface area contributed by atoms with E-state index >= 15 is 0 Å². The first-order valence-electron chi connectivity index (χ1n) is 9.59. The molecule has 2 aromatic rings. The summed E-state index contributed by atoms with van der Waals surface area (Å²) in [6.45, 7) is 4.06. The first kappa shape index (κ1) is 16.4. The molecule has 1 aliphatic heterocycles. The summed E-state index contributed by atoms with van der Waals surface area (Å²) >= 11 is 0. The molecule has 2 aliphatic rings. The van der Waals surface area contributed by atoms with Crippen LogP contribution in [0.5, 0.6) is 0 Å². The van der Waals surface area contributed by atoms with Crippen LogP contribution in [0.2, 0.25) is 0 Å². The highest BCUT2D eigenvalue weighted by Gasteiger charge is 2.35. The highest BCUT2D eigenvalue weighted by molar-refractivity contribution is 5.89. The Bertz CT molecular complexity index is 749. The molecule has 1 saturated heterocycles. The standard InChI is InChI=1S/C20H28N4O/c1-14-9-12-24(20(25)15-5-3-4-6-15)13-18(14)23(2)17-8-11-22-19-16(17)7-10-21-19/h7-8,10-11,14-15,18H,3-6,9,12-13H2,1-2H3,(H,21,22)/t14-,18+/m1/s1. The molecule has 0 unspecified atom stereocenters. The number of hydrogen-bond donors (Lipinski definition) is 1. The van der Waals surface area contributed by atoms with Gasteiger partial charge < -0.3 is 14.8 Å². The first-order chi connectivity index (χ1) is 12.1. The normalized spacial score (nSPS) is 24.8. The van der Waals surface area contributed by atoms with E-state index in [2.05, 4.69) is 45.9 Å². The summed E-state index contributed by atoms with van der Waals surface area (Å²) in [5.74, 6) is 1.24. The lowest BCUT2D eigenvalue weighted by atomic mass is 9.91. The molecule has 5 nitrogen and oxygen atoms in total. The van der Waals surface area contributed by atoms with Gasteiger partial charge in [0.15, 0.2) is 0 Å². The fourth-order valence-electron chi connectivity index (χ4n) is 4.62. The maximum atomic E-state index is 12.9. The third kappa shape index (κ3) is 3.00. The number of piperidine rings is 1. The van der Waals surface area contributed by atoms with Crippen LogP contribution in [-0.4, -0.2) is 47.0 Å². The summed E-state index contributed by atoms with van der Waals surface area (Å²) in [6.07, 6.45) is 9.47. The first-order valence-corrected chi connectivity index (χ1v) is 9.59. The molecule has 0 aromatic carbocycles. The second-order valence-corrected chi connectivity index (χ2v) is 7.78. The van der Waals surface area contributed by atoms with Crippen molar-refractivity contribution >= 4 is 22.6 Å². The molecule has 5 heteroatoms. The molecule has 3 heterocycles. The second kappa shape index (κ2) is 6.70. The Morgan fingerprint density at radius 3 is 2.88 bits per heavy atom. The number of likely N-dealkylation sites (tertiary alicyclic amines) is 1. The van der Waals surface area contributed by atoms with Gasteiger partial charge in [-0.25, -0.2) is 4.98 Å². The topological polar surface area (TPSA) is 52.2 Å². The van der Waals surface area contributed by atoms with Gasteiger partial charge in [0.2, 0.25) is 5.91 Å². The molecule has 2 atom stereocenters. The van der Waals surface area contributed by atoms with Gasteiger partial charge in [-0.1, -0.05) is 19.8 Å². The Hall–Kier alpha value is -2.04. The Morgan fingerprint density at radius 1 is 1.28 bits per heavy atom. The van der Waals surface area contributed by atoms with Crippen molar-refractivity contribution in [1.29, 1.82) is 0 Å². The molecule has 0 spiro atoms. The lowest BCUT2D eigenvalue weighted by Crippen LogP contribution is -2.53. The molecule has 0 radical (unpaired) electrons. The van der Waals surface area contributed by atoms with Crippen molar-refractivity contribution in [2.75, 3.05) is 25.0 Å². The lowest BCUT2D eigenvalue weighted by Gasteiger charge is -2.43. The van der Waals surface area contributed by atoms with Crippen molar-refractivity contribution in [2.45, 2.75) is 45.1 Å². The molecular weight excluding hydrogens is 312 g/mol. The van der Waals surface area contributed by atoms with Crippen LogP contribution in [0.15, 0.2) is 24.5 Å². The number of amides is 1. The fourth-order valence-corrected chi connectivity index (χ4v) is 4.62. The Kier molecular flexibility index (Phi) is 4.40. The number of pyridine rings is 1. The lowest BCUT2D eigenvalue weighted by molar-refractivity contribution is -0.137. The van der Waals surface area contributed by atoms with Crippen molar-refractivity contribution < 1.29 is 4.79 Å². The van der Waals surface area contributed by atoms with Gasteiger partial charge in [0.1, 0.15) is 5.65 Å². The van der Waals surface area contributed by atoms with Gasteiger partial charge in [-0.3, -0.25) is 4.79 Å². The second-order valence-electron chi connectivity index (χ2n) is 7.78. The molecule has 4 rings (SSSR count). The Morgan fingerprint density at radius 2 is 2.08 bits per heavy atom. The zero-order valence-corrected chi connectivity index (χ0v) is 15.2. The molecule has 134 valence electrons. The number of carbonyl (C=O) groups is 1.